The van der Waals surface area contributed by atoms with E-state index in [-0.39, 0.29) is 5.75 Å². The summed E-state index contributed by atoms with van der Waals surface area (Å²) in [6, 6.07) is 1.72. The summed E-state index contributed by atoms with van der Waals surface area (Å²) in [5.74, 6) is 0.439. The number of methoxy groups -OCH3 is 1. The van der Waals surface area contributed by atoms with Crippen LogP contribution in [0.4, 0.5) is 0 Å². The summed E-state index contributed by atoms with van der Waals surface area (Å²) in [7, 11) is 1.49. The second kappa shape index (κ2) is 5.75. The van der Waals surface area contributed by atoms with E-state index in [0.717, 1.165) is 18.3 Å². The van der Waals surface area contributed by atoms with Crippen LogP contribution < -0.4 is 4.74 Å². The number of benzene rings is 1. The summed E-state index contributed by atoms with van der Waals surface area (Å²) >= 11 is 6.15. The molecule has 0 amide bonds. The lowest BCUT2D eigenvalue weighted by molar-refractivity contribution is -0.107. The van der Waals surface area contributed by atoms with Gasteiger partial charge < -0.3 is 14.6 Å². The molecule has 0 unspecified atom stereocenters. The van der Waals surface area contributed by atoms with Gasteiger partial charge in [0.2, 0.25) is 0 Å². The van der Waals surface area contributed by atoms with Crippen molar-refractivity contribution in [3.05, 3.63) is 22.2 Å². The Morgan fingerprint density at radius 3 is 2.75 bits per heavy atom. The van der Waals surface area contributed by atoms with E-state index in [1.165, 1.54) is 7.11 Å². The third-order valence-electron chi connectivity index (χ3n) is 2.48. The van der Waals surface area contributed by atoms with Gasteiger partial charge in [0.25, 0.3) is 0 Å². The lowest BCUT2D eigenvalue weighted by atomic mass is 10.0. The molecule has 0 radical (unpaired) electrons. The number of phenolic OH excluding ortho intramolecular Hbond substituents is 1. The van der Waals surface area contributed by atoms with Crippen molar-refractivity contribution in [1.82, 2.24) is 0 Å². The van der Waals surface area contributed by atoms with Crippen LogP contribution in [-0.4, -0.2) is 18.5 Å². The minimum Gasteiger partial charge on any atom is -0.504 e. The number of phenols is 1. The van der Waals surface area contributed by atoms with E-state index in [1.807, 2.05) is 6.92 Å². The van der Waals surface area contributed by atoms with Crippen molar-refractivity contribution in [3.8, 4) is 11.5 Å². The Kier molecular flexibility index (Phi) is 4.62. The minimum absolute atomic E-state index is 0.0338. The summed E-state index contributed by atoms with van der Waals surface area (Å²) in [4.78, 5) is 10.4. The molecule has 0 bridgehead atoms. The van der Waals surface area contributed by atoms with Crippen LogP contribution in [0, 0.1) is 0 Å². The molecule has 1 N–H and O–H groups in total. The fourth-order valence-corrected chi connectivity index (χ4v) is 1.95. The summed E-state index contributed by atoms with van der Waals surface area (Å²) in [6.45, 7) is 1.97. The van der Waals surface area contributed by atoms with Crippen molar-refractivity contribution in [2.45, 2.75) is 26.2 Å². The van der Waals surface area contributed by atoms with Crippen LogP contribution in [0.2, 0.25) is 5.02 Å². The molecule has 1 aromatic carbocycles. The number of hydrogen-bond acceptors (Lipinski definition) is 3. The normalized spacial score (nSPS) is 10.2. The summed E-state index contributed by atoms with van der Waals surface area (Å²) in [5, 5.41) is 10.4. The first-order valence-electron chi connectivity index (χ1n) is 5.16. The highest BCUT2D eigenvalue weighted by Crippen LogP contribution is 2.38. The zero-order valence-electron chi connectivity index (χ0n) is 9.42. The molecule has 0 aliphatic rings. The van der Waals surface area contributed by atoms with Crippen LogP contribution in [0.15, 0.2) is 6.07 Å². The first-order chi connectivity index (χ1) is 7.65. The molecule has 0 aromatic heterocycles. The molecule has 4 heteroatoms. The van der Waals surface area contributed by atoms with Crippen molar-refractivity contribution in [3.63, 3.8) is 0 Å². The summed E-state index contributed by atoms with van der Waals surface area (Å²) < 4.78 is 5.07. The molecule has 0 spiro atoms. The zero-order valence-corrected chi connectivity index (χ0v) is 10.2. The van der Waals surface area contributed by atoms with Crippen molar-refractivity contribution in [2.24, 2.45) is 0 Å². The Hall–Kier alpha value is -1.22. The predicted octanol–water partition coefficient (Wildman–Crippen LogP) is 2.75. The van der Waals surface area contributed by atoms with E-state index >= 15 is 0 Å². The van der Waals surface area contributed by atoms with Gasteiger partial charge in [-0.05, 0) is 24.5 Å². The van der Waals surface area contributed by atoms with Crippen molar-refractivity contribution in [2.75, 3.05) is 7.11 Å². The molecule has 0 saturated heterocycles. The number of hydrogen-bond donors (Lipinski definition) is 1. The fraction of sp³-hybridized carbons (Fsp3) is 0.417. The predicted molar refractivity (Wildman–Crippen MR) is 63.4 cm³/mol. The molecule has 0 fully saturated rings. The molecular weight excluding hydrogens is 228 g/mol. The number of carbonyl (C=O) groups excluding carboxylic acids is 1. The molecule has 0 atom stereocenters. The average Bonchev–Trinajstić information content (AvgIpc) is 2.29. The van der Waals surface area contributed by atoms with Gasteiger partial charge in [-0.3, -0.25) is 0 Å². The standard InChI is InChI=1S/C12H15ClO3/c1-3-8-7-10(16-2)12(15)9(11(8)13)5-4-6-14/h6-7,15H,3-5H2,1-2H3. The number of halogens is 1. The van der Waals surface area contributed by atoms with Crippen molar-refractivity contribution < 1.29 is 14.6 Å². The summed E-state index contributed by atoms with van der Waals surface area (Å²) in [6.07, 6.45) is 2.33. The smallest absolute Gasteiger partial charge is 0.162 e. The molecule has 3 nitrogen and oxygen atoms in total. The first-order valence-corrected chi connectivity index (χ1v) is 5.54. The fourth-order valence-electron chi connectivity index (χ4n) is 1.58. The number of ether oxygens (including phenoxy) is 1. The third-order valence-corrected chi connectivity index (χ3v) is 2.96. The Morgan fingerprint density at radius 1 is 1.56 bits per heavy atom. The van der Waals surface area contributed by atoms with E-state index in [9.17, 15) is 9.90 Å². The molecule has 16 heavy (non-hydrogen) atoms. The number of aryl methyl sites for hydroxylation is 1. The maximum Gasteiger partial charge on any atom is 0.162 e. The molecule has 1 rings (SSSR count). The van der Waals surface area contributed by atoms with Gasteiger partial charge in [0.05, 0.1) is 12.1 Å². The zero-order chi connectivity index (χ0) is 12.1. The van der Waals surface area contributed by atoms with Gasteiger partial charge in [-0.25, -0.2) is 0 Å². The van der Waals surface area contributed by atoms with Crippen LogP contribution in [-0.2, 0) is 17.6 Å². The number of aldehydes is 1. The van der Waals surface area contributed by atoms with E-state index in [2.05, 4.69) is 0 Å². The lowest BCUT2D eigenvalue weighted by Gasteiger charge is -2.13. The second-order valence-electron chi connectivity index (χ2n) is 3.44. The Bertz CT molecular complexity index is 360. The molecule has 1 aromatic rings. The van der Waals surface area contributed by atoms with Gasteiger partial charge in [-0.2, -0.15) is 0 Å². The number of aromatic hydroxyl groups is 1. The van der Waals surface area contributed by atoms with Crippen molar-refractivity contribution >= 4 is 17.9 Å². The minimum atomic E-state index is 0.0338. The Morgan fingerprint density at radius 2 is 2.25 bits per heavy atom. The number of carbonyl (C=O) groups is 1. The molecule has 0 aliphatic heterocycles. The van der Waals surface area contributed by atoms with Crippen LogP contribution >= 0.6 is 11.6 Å². The second-order valence-corrected chi connectivity index (χ2v) is 3.82. The highest BCUT2D eigenvalue weighted by atomic mass is 35.5. The summed E-state index contributed by atoms with van der Waals surface area (Å²) in [5.41, 5.74) is 1.50. The molecular formula is C12H15ClO3. The maximum absolute atomic E-state index is 10.4. The van der Waals surface area contributed by atoms with Crippen LogP contribution in [0.1, 0.15) is 24.5 Å². The quantitative estimate of drug-likeness (QED) is 0.808. The van der Waals surface area contributed by atoms with Crippen LogP contribution in [0.5, 0.6) is 11.5 Å². The average molecular weight is 243 g/mol. The largest absolute Gasteiger partial charge is 0.504 e. The van der Waals surface area contributed by atoms with E-state index in [0.29, 0.717) is 29.2 Å². The van der Waals surface area contributed by atoms with Crippen LogP contribution in [0.25, 0.3) is 0 Å². The highest BCUT2D eigenvalue weighted by Gasteiger charge is 2.15. The van der Waals surface area contributed by atoms with Gasteiger partial charge >= 0.3 is 0 Å². The van der Waals surface area contributed by atoms with Gasteiger partial charge in [-0.15, -0.1) is 0 Å². The van der Waals surface area contributed by atoms with Gasteiger partial charge in [0.1, 0.15) is 6.29 Å². The molecule has 0 saturated carbocycles. The maximum atomic E-state index is 10.4. The lowest BCUT2D eigenvalue weighted by Crippen LogP contribution is -1.96. The van der Waals surface area contributed by atoms with Crippen LogP contribution in [0.3, 0.4) is 0 Å². The van der Waals surface area contributed by atoms with E-state index in [1.54, 1.807) is 6.07 Å². The first kappa shape index (κ1) is 12.8. The third kappa shape index (κ3) is 2.47. The van der Waals surface area contributed by atoms with Gasteiger partial charge in [0.15, 0.2) is 11.5 Å². The topological polar surface area (TPSA) is 46.5 Å². The van der Waals surface area contributed by atoms with Gasteiger partial charge in [-0.1, -0.05) is 18.5 Å². The Labute approximate surface area is 100.0 Å². The monoisotopic (exact) mass is 242 g/mol. The number of rotatable bonds is 5. The molecule has 88 valence electrons. The SMILES string of the molecule is CCc1cc(OC)c(O)c(CCC=O)c1Cl. The van der Waals surface area contributed by atoms with E-state index < -0.39 is 0 Å². The van der Waals surface area contributed by atoms with Crippen molar-refractivity contribution in [1.29, 1.82) is 0 Å². The molecule has 0 aliphatic carbocycles. The van der Waals surface area contributed by atoms with E-state index in [4.69, 9.17) is 16.3 Å². The Balaban J connectivity index is 3.25. The van der Waals surface area contributed by atoms with Gasteiger partial charge in [0, 0.05) is 12.0 Å². The molecule has 0 heterocycles. The highest BCUT2D eigenvalue weighted by molar-refractivity contribution is 6.32.